The average Bonchev–Trinajstić information content (AvgIpc) is 2.86. The Kier molecular flexibility index (Phi) is 7.30. The lowest BCUT2D eigenvalue weighted by Crippen LogP contribution is -2.58. The molecular formula is C25H28N4O5S. The van der Waals surface area contributed by atoms with Gasteiger partial charge in [-0.2, -0.15) is 0 Å². The number of thioether (sulfide) groups is 1. The molecule has 1 aliphatic rings. The molecule has 35 heavy (non-hydrogen) atoms. The molecule has 0 bridgehead atoms. The van der Waals surface area contributed by atoms with Gasteiger partial charge in [-0.15, -0.1) is 0 Å². The summed E-state index contributed by atoms with van der Waals surface area (Å²) in [6.45, 7) is 3.59. The molecule has 0 N–H and O–H groups in total. The van der Waals surface area contributed by atoms with E-state index in [4.69, 9.17) is 19.3 Å². The Morgan fingerprint density at radius 3 is 2.46 bits per heavy atom. The van der Waals surface area contributed by atoms with E-state index in [0.29, 0.717) is 44.9 Å². The Hall–Kier alpha value is -3.53. The highest BCUT2D eigenvalue weighted by Gasteiger charge is 2.45. The van der Waals surface area contributed by atoms with Gasteiger partial charge in [-0.3, -0.25) is 4.79 Å². The molecule has 0 spiro atoms. The molecule has 4 rings (SSSR count). The molecule has 1 amide bonds. The zero-order valence-corrected chi connectivity index (χ0v) is 21.2. The Labute approximate surface area is 208 Å². The third-order valence-corrected chi connectivity index (χ3v) is 6.72. The number of rotatable bonds is 8. The fraction of sp³-hybridized carbons (Fsp3) is 0.360. The predicted octanol–water partition coefficient (Wildman–Crippen LogP) is 3.34. The first kappa shape index (κ1) is 24.6. The first-order chi connectivity index (χ1) is 16.9. The standard InChI is InChI=1S/C25H28N4O5S/c1-6-7-12-35-25-26-23(31)22-16-10-8-9-11-18(16)28(15(2)30)24(29(22)27-25)17-13-20(33-4)21(34-5)14-19(17)32-3/h8-11,13-14,24H,6-7,12H2,1-5H3. The topological polar surface area (TPSA) is 101 Å². The van der Waals surface area contributed by atoms with Crippen molar-refractivity contribution in [1.29, 1.82) is 0 Å². The number of carbonyl (C=O) groups is 1. The molecule has 0 saturated carbocycles. The molecule has 0 saturated heterocycles. The van der Waals surface area contributed by atoms with Crippen LogP contribution in [0, 0.1) is 0 Å². The normalized spacial score (nSPS) is 14.2. The molecule has 0 aliphatic carbocycles. The van der Waals surface area contributed by atoms with Crippen molar-refractivity contribution in [2.45, 2.75) is 38.0 Å². The minimum absolute atomic E-state index is 0.219. The third-order valence-electron chi connectivity index (χ3n) is 5.80. The van der Waals surface area contributed by atoms with Crippen LogP contribution in [0.15, 0.2) is 41.6 Å². The zero-order valence-electron chi connectivity index (χ0n) is 20.4. The monoisotopic (exact) mass is 496 g/mol. The quantitative estimate of drug-likeness (QED) is 0.266. The maximum absolute atomic E-state index is 13.3. The predicted molar refractivity (Wildman–Crippen MR) is 130 cm³/mol. The van der Waals surface area contributed by atoms with E-state index in [1.807, 2.05) is 18.2 Å². The highest BCUT2D eigenvalue weighted by Crippen LogP contribution is 2.45. The number of unbranched alkanes of at least 4 members (excludes halogenated alkanes) is 1. The van der Waals surface area contributed by atoms with Crippen LogP contribution in [0.25, 0.3) is 11.3 Å². The summed E-state index contributed by atoms with van der Waals surface area (Å²) in [5.74, 6) is 1.56. The van der Waals surface area contributed by atoms with Gasteiger partial charge in [0, 0.05) is 23.8 Å². The van der Waals surface area contributed by atoms with E-state index < -0.39 is 12.0 Å². The van der Waals surface area contributed by atoms with Gasteiger partial charge in [0.05, 0.1) is 44.0 Å². The van der Waals surface area contributed by atoms with E-state index in [2.05, 4.69) is 11.9 Å². The largest absolute Gasteiger partial charge is 0.854 e. The summed E-state index contributed by atoms with van der Waals surface area (Å²) in [5.41, 5.74) is 2.07. The van der Waals surface area contributed by atoms with Crippen molar-refractivity contribution in [3.8, 4) is 34.4 Å². The van der Waals surface area contributed by atoms with Crippen LogP contribution in [0.5, 0.6) is 23.1 Å². The van der Waals surface area contributed by atoms with Gasteiger partial charge in [0.15, 0.2) is 11.5 Å². The number of amides is 1. The zero-order chi connectivity index (χ0) is 25.1. The number of nitrogens with zero attached hydrogens (tertiary/aromatic N) is 4. The average molecular weight is 497 g/mol. The van der Waals surface area contributed by atoms with Crippen molar-refractivity contribution in [2.75, 3.05) is 32.0 Å². The number of para-hydroxylation sites is 1. The van der Waals surface area contributed by atoms with Crippen LogP contribution in [0.1, 0.15) is 38.4 Å². The molecule has 1 aliphatic heterocycles. The van der Waals surface area contributed by atoms with E-state index >= 15 is 0 Å². The SMILES string of the molecule is CCCCSc1nc([O-])c2[n+](n1)C(c1cc(OC)c(OC)cc1OC)N(C(C)=O)c1ccccc1-2. The number of hydrogen-bond donors (Lipinski definition) is 0. The smallest absolute Gasteiger partial charge is 0.296 e. The van der Waals surface area contributed by atoms with Crippen molar-refractivity contribution >= 4 is 23.4 Å². The van der Waals surface area contributed by atoms with Gasteiger partial charge in [0.1, 0.15) is 5.75 Å². The maximum atomic E-state index is 13.3. The lowest BCUT2D eigenvalue weighted by atomic mass is 10.0. The number of benzene rings is 2. The number of fused-ring (bicyclic) bond motifs is 3. The van der Waals surface area contributed by atoms with Crippen LogP contribution < -0.4 is 28.9 Å². The molecule has 3 aromatic rings. The lowest BCUT2D eigenvalue weighted by Gasteiger charge is -2.33. The summed E-state index contributed by atoms with van der Waals surface area (Å²) >= 11 is 1.42. The van der Waals surface area contributed by atoms with Gasteiger partial charge in [0.25, 0.3) is 17.0 Å². The third kappa shape index (κ3) is 4.45. The van der Waals surface area contributed by atoms with E-state index in [9.17, 15) is 9.90 Å². The van der Waals surface area contributed by atoms with Crippen molar-refractivity contribution in [3.05, 3.63) is 42.0 Å². The van der Waals surface area contributed by atoms with E-state index in [1.165, 1.54) is 40.0 Å². The Bertz CT molecular complexity index is 1250. The molecule has 1 atom stereocenters. The van der Waals surface area contributed by atoms with Gasteiger partial charge in [-0.25, -0.2) is 9.88 Å². The second-order valence-electron chi connectivity index (χ2n) is 7.92. The summed E-state index contributed by atoms with van der Waals surface area (Å²) in [6, 6.07) is 10.7. The molecule has 2 aromatic carbocycles. The van der Waals surface area contributed by atoms with Gasteiger partial charge < -0.3 is 19.3 Å². The molecule has 9 nitrogen and oxygen atoms in total. The fourth-order valence-electron chi connectivity index (χ4n) is 4.18. The Morgan fingerprint density at radius 1 is 1.11 bits per heavy atom. The van der Waals surface area contributed by atoms with E-state index in [-0.39, 0.29) is 5.91 Å². The molecular weight excluding hydrogens is 468 g/mol. The minimum atomic E-state index is -0.812. The Balaban J connectivity index is 2.03. The van der Waals surface area contributed by atoms with Crippen molar-refractivity contribution < 1.29 is 28.8 Å². The first-order valence-electron chi connectivity index (χ1n) is 11.3. The number of hydrogen-bond acceptors (Lipinski definition) is 8. The second-order valence-corrected chi connectivity index (χ2v) is 8.99. The van der Waals surface area contributed by atoms with Crippen LogP contribution in [0.4, 0.5) is 5.69 Å². The number of methoxy groups -OCH3 is 3. The van der Waals surface area contributed by atoms with Crippen molar-refractivity contribution in [3.63, 3.8) is 0 Å². The van der Waals surface area contributed by atoms with Crippen molar-refractivity contribution in [1.82, 2.24) is 10.1 Å². The summed E-state index contributed by atoms with van der Waals surface area (Å²) < 4.78 is 18.3. The number of anilines is 1. The summed E-state index contributed by atoms with van der Waals surface area (Å²) in [6.07, 6.45) is 1.18. The van der Waals surface area contributed by atoms with Crippen LogP contribution >= 0.6 is 11.8 Å². The van der Waals surface area contributed by atoms with Gasteiger partial charge in [-0.05, 0) is 24.6 Å². The van der Waals surface area contributed by atoms with E-state index in [1.54, 1.807) is 27.8 Å². The van der Waals surface area contributed by atoms with Crippen LogP contribution in [0.3, 0.4) is 0 Å². The second kappa shape index (κ2) is 10.4. The van der Waals surface area contributed by atoms with Gasteiger partial charge in [-0.1, -0.05) is 41.9 Å². The number of aromatic nitrogens is 3. The number of carbonyl (C=O) groups excluding carboxylic acids is 1. The minimum Gasteiger partial charge on any atom is -0.854 e. The molecule has 1 unspecified atom stereocenters. The summed E-state index contributed by atoms with van der Waals surface area (Å²) in [4.78, 5) is 19.0. The first-order valence-corrected chi connectivity index (χ1v) is 12.3. The molecule has 2 heterocycles. The fourth-order valence-corrected chi connectivity index (χ4v) is 5.09. The summed E-state index contributed by atoms with van der Waals surface area (Å²) in [7, 11) is 4.61. The molecule has 10 heteroatoms. The molecule has 0 radical (unpaired) electrons. The Morgan fingerprint density at radius 2 is 1.80 bits per heavy atom. The van der Waals surface area contributed by atoms with Crippen molar-refractivity contribution in [2.24, 2.45) is 0 Å². The molecule has 0 fully saturated rings. The van der Waals surface area contributed by atoms with Crippen LogP contribution in [-0.4, -0.2) is 43.1 Å². The van der Waals surface area contributed by atoms with Crippen LogP contribution in [0.2, 0.25) is 0 Å². The lowest BCUT2D eigenvalue weighted by molar-refractivity contribution is -0.764. The van der Waals surface area contributed by atoms with Crippen LogP contribution in [-0.2, 0) is 4.79 Å². The van der Waals surface area contributed by atoms with Gasteiger partial charge >= 0.3 is 0 Å². The highest BCUT2D eigenvalue weighted by atomic mass is 32.2. The van der Waals surface area contributed by atoms with Gasteiger partial charge in [0.2, 0.25) is 5.91 Å². The summed E-state index contributed by atoms with van der Waals surface area (Å²) in [5, 5.41) is 18.5. The van der Waals surface area contributed by atoms with E-state index in [0.717, 1.165) is 18.6 Å². The molecule has 1 aromatic heterocycles. The molecule has 184 valence electrons. The maximum Gasteiger partial charge on any atom is 0.296 e. The highest BCUT2D eigenvalue weighted by molar-refractivity contribution is 7.99. The number of ether oxygens (including phenoxy) is 3.